The van der Waals surface area contributed by atoms with Gasteiger partial charge in [-0.25, -0.2) is 0 Å². The normalized spacial score (nSPS) is 10.6. The van der Waals surface area contributed by atoms with Crippen molar-refractivity contribution in [1.82, 2.24) is 10.2 Å². The number of unbranched alkanes of at least 4 members (excludes halogenated alkanes) is 1. The van der Waals surface area contributed by atoms with Crippen LogP contribution in [0.25, 0.3) is 0 Å². The Kier molecular flexibility index (Phi) is 3.58. The van der Waals surface area contributed by atoms with Gasteiger partial charge in [0.15, 0.2) is 0 Å². The monoisotopic (exact) mass is 221 g/mol. The highest BCUT2D eigenvalue weighted by Gasteiger charge is 2.04. The van der Waals surface area contributed by atoms with Crippen LogP contribution in [0.3, 0.4) is 0 Å². The number of hydrogen-bond donors (Lipinski definition) is 1. The second kappa shape index (κ2) is 5.34. The van der Waals surface area contributed by atoms with E-state index >= 15 is 0 Å². The summed E-state index contributed by atoms with van der Waals surface area (Å²) in [5, 5.41) is 10.9. The molecule has 0 bridgehead atoms. The third-order valence-electron chi connectivity index (χ3n) is 2.23. The zero-order valence-electron chi connectivity index (χ0n) is 9.27. The molecule has 0 spiro atoms. The van der Waals surface area contributed by atoms with E-state index in [0.29, 0.717) is 18.5 Å². The van der Waals surface area contributed by atoms with E-state index in [1.165, 1.54) is 0 Å². The smallest absolute Gasteiger partial charge is 0.315 e. The van der Waals surface area contributed by atoms with Crippen LogP contribution in [0.5, 0.6) is 0 Å². The molecule has 0 fully saturated rings. The minimum atomic E-state index is 0.465. The Morgan fingerprint density at radius 1 is 1.38 bits per heavy atom. The zero-order chi connectivity index (χ0) is 11.2. The third kappa shape index (κ3) is 2.85. The lowest BCUT2D eigenvalue weighted by molar-refractivity contribution is 0.494. The average Bonchev–Trinajstić information content (AvgIpc) is 2.95. The van der Waals surface area contributed by atoms with Crippen molar-refractivity contribution in [1.29, 1.82) is 0 Å². The van der Waals surface area contributed by atoms with Crippen LogP contribution in [-0.4, -0.2) is 10.2 Å². The first-order valence-electron chi connectivity index (χ1n) is 5.46. The zero-order valence-corrected chi connectivity index (χ0v) is 9.27. The molecule has 0 amide bonds. The second-order valence-corrected chi connectivity index (χ2v) is 3.59. The lowest BCUT2D eigenvalue weighted by Gasteiger charge is -1.96. The molecule has 0 radical (unpaired) electrons. The predicted molar refractivity (Wildman–Crippen MR) is 58.9 cm³/mol. The fourth-order valence-electron chi connectivity index (χ4n) is 1.32. The quantitative estimate of drug-likeness (QED) is 0.812. The van der Waals surface area contributed by atoms with Crippen molar-refractivity contribution in [2.24, 2.45) is 0 Å². The van der Waals surface area contributed by atoms with E-state index in [1.54, 1.807) is 12.5 Å². The number of furan rings is 1. The highest BCUT2D eigenvalue weighted by atomic mass is 16.4. The summed E-state index contributed by atoms with van der Waals surface area (Å²) in [6, 6.07) is 2.36. The van der Waals surface area contributed by atoms with Gasteiger partial charge in [0.25, 0.3) is 0 Å². The molecular formula is C11H15N3O2. The van der Waals surface area contributed by atoms with Gasteiger partial charge in [0.1, 0.15) is 0 Å². The fraction of sp³-hybridized carbons (Fsp3) is 0.455. The Morgan fingerprint density at radius 3 is 3.06 bits per heavy atom. The van der Waals surface area contributed by atoms with E-state index in [9.17, 15) is 0 Å². The molecule has 0 unspecified atom stereocenters. The summed E-state index contributed by atoms with van der Waals surface area (Å²) >= 11 is 0. The standard InChI is InChI=1S/C11H15N3O2/c1-2-3-4-10-13-14-11(16-10)12-7-9-5-6-15-8-9/h5-6,8H,2-4,7H2,1H3,(H,12,14). The van der Waals surface area contributed by atoms with E-state index in [4.69, 9.17) is 8.83 Å². The van der Waals surface area contributed by atoms with Crippen molar-refractivity contribution in [3.8, 4) is 0 Å². The fourth-order valence-corrected chi connectivity index (χ4v) is 1.32. The number of hydrogen-bond acceptors (Lipinski definition) is 5. The molecule has 2 heterocycles. The van der Waals surface area contributed by atoms with Gasteiger partial charge in [-0.15, -0.1) is 5.10 Å². The minimum absolute atomic E-state index is 0.465. The van der Waals surface area contributed by atoms with Gasteiger partial charge in [-0.05, 0) is 12.5 Å². The van der Waals surface area contributed by atoms with Crippen molar-refractivity contribution in [3.63, 3.8) is 0 Å². The lowest BCUT2D eigenvalue weighted by atomic mass is 10.2. The van der Waals surface area contributed by atoms with Crippen molar-refractivity contribution in [2.45, 2.75) is 32.7 Å². The first kappa shape index (κ1) is 10.7. The van der Waals surface area contributed by atoms with Gasteiger partial charge in [0.2, 0.25) is 5.89 Å². The highest BCUT2D eigenvalue weighted by Crippen LogP contribution is 2.10. The summed E-state index contributed by atoms with van der Waals surface area (Å²) in [7, 11) is 0. The minimum Gasteiger partial charge on any atom is -0.472 e. The van der Waals surface area contributed by atoms with Gasteiger partial charge < -0.3 is 14.2 Å². The van der Waals surface area contributed by atoms with Gasteiger partial charge in [-0.2, -0.15) is 0 Å². The molecular weight excluding hydrogens is 206 g/mol. The molecule has 86 valence electrons. The topological polar surface area (TPSA) is 64.1 Å². The van der Waals surface area contributed by atoms with Crippen LogP contribution in [-0.2, 0) is 13.0 Å². The molecule has 0 aliphatic rings. The summed E-state index contributed by atoms with van der Waals surface area (Å²) in [6.45, 7) is 2.76. The van der Waals surface area contributed by atoms with Gasteiger partial charge in [-0.1, -0.05) is 18.4 Å². The SMILES string of the molecule is CCCCc1nnc(NCc2ccoc2)o1. The summed E-state index contributed by atoms with van der Waals surface area (Å²) in [4.78, 5) is 0. The Balaban J connectivity index is 1.83. The summed E-state index contributed by atoms with van der Waals surface area (Å²) in [5.74, 6) is 0.691. The molecule has 0 aliphatic carbocycles. The molecule has 0 atom stereocenters. The van der Waals surface area contributed by atoms with Crippen molar-refractivity contribution >= 4 is 6.01 Å². The second-order valence-electron chi connectivity index (χ2n) is 3.59. The molecule has 16 heavy (non-hydrogen) atoms. The Bertz CT molecular complexity index is 409. The largest absolute Gasteiger partial charge is 0.472 e. The number of rotatable bonds is 6. The van der Waals surface area contributed by atoms with E-state index in [2.05, 4.69) is 22.4 Å². The highest BCUT2D eigenvalue weighted by molar-refractivity contribution is 5.20. The molecule has 0 saturated carbocycles. The van der Waals surface area contributed by atoms with Crippen molar-refractivity contribution < 1.29 is 8.83 Å². The molecule has 5 nitrogen and oxygen atoms in total. The summed E-state index contributed by atoms with van der Waals surface area (Å²) < 4.78 is 10.4. The van der Waals surface area contributed by atoms with Crippen LogP contribution in [0.4, 0.5) is 6.01 Å². The number of anilines is 1. The summed E-state index contributed by atoms with van der Waals surface area (Å²) in [6.07, 6.45) is 6.36. The Morgan fingerprint density at radius 2 is 2.31 bits per heavy atom. The van der Waals surface area contributed by atoms with Crippen LogP contribution >= 0.6 is 0 Å². The predicted octanol–water partition coefficient (Wildman–Crippen LogP) is 2.62. The molecule has 1 N–H and O–H groups in total. The number of aryl methyl sites for hydroxylation is 1. The first-order chi connectivity index (χ1) is 7.88. The van der Waals surface area contributed by atoms with Crippen LogP contribution in [0.15, 0.2) is 27.4 Å². The van der Waals surface area contributed by atoms with Gasteiger partial charge in [0, 0.05) is 18.5 Å². The van der Waals surface area contributed by atoms with Crippen LogP contribution in [0.1, 0.15) is 31.2 Å². The number of nitrogens with one attached hydrogen (secondary N) is 1. The van der Waals surface area contributed by atoms with E-state index < -0.39 is 0 Å². The third-order valence-corrected chi connectivity index (χ3v) is 2.23. The van der Waals surface area contributed by atoms with Gasteiger partial charge >= 0.3 is 6.01 Å². The van der Waals surface area contributed by atoms with Crippen LogP contribution in [0.2, 0.25) is 0 Å². The van der Waals surface area contributed by atoms with E-state index in [0.717, 1.165) is 24.8 Å². The first-order valence-corrected chi connectivity index (χ1v) is 5.46. The lowest BCUT2D eigenvalue weighted by Crippen LogP contribution is -1.97. The molecule has 2 aromatic heterocycles. The van der Waals surface area contributed by atoms with Crippen LogP contribution < -0.4 is 5.32 Å². The maximum absolute atomic E-state index is 5.42. The number of aromatic nitrogens is 2. The van der Waals surface area contributed by atoms with Gasteiger partial charge in [0.05, 0.1) is 12.5 Å². The molecule has 0 aromatic carbocycles. The maximum Gasteiger partial charge on any atom is 0.315 e. The van der Waals surface area contributed by atoms with Crippen molar-refractivity contribution in [2.75, 3.05) is 5.32 Å². The molecule has 0 aliphatic heterocycles. The summed E-state index contributed by atoms with van der Waals surface area (Å²) in [5.41, 5.74) is 1.05. The Labute approximate surface area is 93.9 Å². The van der Waals surface area contributed by atoms with E-state index in [1.807, 2.05) is 6.07 Å². The van der Waals surface area contributed by atoms with Crippen LogP contribution in [0, 0.1) is 0 Å². The molecule has 2 rings (SSSR count). The van der Waals surface area contributed by atoms with E-state index in [-0.39, 0.29) is 0 Å². The maximum atomic E-state index is 5.42. The molecule has 2 aromatic rings. The average molecular weight is 221 g/mol. The Hall–Kier alpha value is -1.78. The van der Waals surface area contributed by atoms with Crippen molar-refractivity contribution in [3.05, 3.63) is 30.0 Å². The molecule has 5 heteroatoms. The number of nitrogens with zero attached hydrogens (tertiary/aromatic N) is 2. The van der Waals surface area contributed by atoms with Gasteiger partial charge in [-0.3, -0.25) is 0 Å². The molecule has 0 saturated heterocycles.